The SMILES string of the molecule is C=CCn1c(SCc2cc(=O)oc3cc(C)c(C(C)C)cc23)nc2sccc2c1=O. The minimum absolute atomic E-state index is 0.0706. The number of rotatable bonds is 6. The minimum Gasteiger partial charge on any atom is -0.423 e. The summed E-state index contributed by atoms with van der Waals surface area (Å²) in [4.78, 5) is 30.4. The molecule has 7 heteroatoms. The number of aromatic nitrogens is 2. The van der Waals surface area contributed by atoms with E-state index >= 15 is 0 Å². The third kappa shape index (κ3) is 3.75. The van der Waals surface area contributed by atoms with E-state index in [0.717, 1.165) is 21.3 Å². The van der Waals surface area contributed by atoms with Gasteiger partial charge < -0.3 is 4.42 Å². The summed E-state index contributed by atoms with van der Waals surface area (Å²) in [5.41, 5.74) is 3.35. The van der Waals surface area contributed by atoms with Crippen LogP contribution in [0, 0.1) is 6.92 Å². The molecule has 0 N–H and O–H groups in total. The quantitative estimate of drug-likeness (QED) is 0.173. The molecule has 0 atom stereocenters. The Morgan fingerprint density at radius 1 is 1.27 bits per heavy atom. The first-order chi connectivity index (χ1) is 14.4. The molecule has 4 rings (SSSR count). The molecule has 0 bridgehead atoms. The van der Waals surface area contributed by atoms with Gasteiger partial charge in [0.05, 0.1) is 5.39 Å². The zero-order valence-electron chi connectivity index (χ0n) is 17.1. The van der Waals surface area contributed by atoms with Crippen molar-refractivity contribution in [2.75, 3.05) is 0 Å². The van der Waals surface area contributed by atoms with Gasteiger partial charge in [0.1, 0.15) is 10.4 Å². The van der Waals surface area contributed by atoms with Crippen molar-refractivity contribution in [3.05, 3.63) is 79.8 Å². The fraction of sp³-hybridized carbons (Fsp3) is 0.261. The second-order valence-electron chi connectivity index (χ2n) is 7.48. The maximum absolute atomic E-state index is 12.8. The van der Waals surface area contributed by atoms with Crippen molar-refractivity contribution >= 4 is 44.3 Å². The van der Waals surface area contributed by atoms with Crippen molar-refractivity contribution in [2.24, 2.45) is 0 Å². The van der Waals surface area contributed by atoms with Crippen molar-refractivity contribution in [3.63, 3.8) is 0 Å². The lowest BCUT2D eigenvalue weighted by Gasteiger charge is -2.14. The first-order valence-corrected chi connectivity index (χ1v) is 11.5. The van der Waals surface area contributed by atoms with Crippen LogP contribution in [-0.4, -0.2) is 9.55 Å². The van der Waals surface area contributed by atoms with Crippen molar-refractivity contribution in [1.82, 2.24) is 9.55 Å². The molecular weight excluding hydrogens is 416 g/mol. The van der Waals surface area contributed by atoms with Crippen LogP contribution in [0.4, 0.5) is 0 Å². The average Bonchev–Trinajstić information content (AvgIpc) is 3.16. The van der Waals surface area contributed by atoms with Crippen molar-refractivity contribution in [1.29, 1.82) is 0 Å². The molecule has 0 spiro atoms. The van der Waals surface area contributed by atoms with E-state index in [1.807, 2.05) is 18.4 Å². The summed E-state index contributed by atoms with van der Waals surface area (Å²) in [7, 11) is 0. The van der Waals surface area contributed by atoms with Crippen molar-refractivity contribution < 1.29 is 4.42 Å². The summed E-state index contributed by atoms with van der Waals surface area (Å²) in [6, 6.07) is 7.38. The van der Waals surface area contributed by atoms with E-state index in [1.54, 1.807) is 16.7 Å². The van der Waals surface area contributed by atoms with Gasteiger partial charge in [0.15, 0.2) is 5.16 Å². The minimum atomic E-state index is -0.375. The summed E-state index contributed by atoms with van der Waals surface area (Å²) in [5.74, 6) is 0.867. The lowest BCUT2D eigenvalue weighted by molar-refractivity contribution is 0.559. The monoisotopic (exact) mass is 438 g/mol. The zero-order valence-corrected chi connectivity index (χ0v) is 18.7. The molecule has 0 saturated heterocycles. The number of allylic oxidation sites excluding steroid dienone is 1. The lowest BCUT2D eigenvalue weighted by Crippen LogP contribution is -2.22. The first-order valence-electron chi connectivity index (χ1n) is 9.68. The summed E-state index contributed by atoms with van der Waals surface area (Å²) in [6.07, 6.45) is 1.69. The van der Waals surface area contributed by atoms with E-state index < -0.39 is 0 Å². The van der Waals surface area contributed by atoms with Crippen LogP contribution < -0.4 is 11.2 Å². The summed E-state index contributed by atoms with van der Waals surface area (Å²) in [5, 5.41) is 4.03. The predicted molar refractivity (Wildman–Crippen MR) is 125 cm³/mol. The number of benzene rings is 1. The molecule has 3 aromatic heterocycles. The summed E-state index contributed by atoms with van der Waals surface area (Å²) < 4.78 is 7.08. The third-order valence-electron chi connectivity index (χ3n) is 5.06. The van der Waals surface area contributed by atoms with E-state index in [-0.39, 0.29) is 11.2 Å². The Balaban J connectivity index is 1.79. The molecular formula is C23H22N2O3S2. The maximum Gasteiger partial charge on any atom is 0.336 e. The van der Waals surface area contributed by atoms with Crippen molar-refractivity contribution in [2.45, 2.75) is 44.1 Å². The van der Waals surface area contributed by atoms with Gasteiger partial charge in [-0.25, -0.2) is 9.78 Å². The molecule has 0 fully saturated rings. The maximum atomic E-state index is 12.8. The molecule has 0 aliphatic rings. The number of aryl methyl sites for hydroxylation is 1. The molecule has 4 aromatic rings. The van der Waals surface area contributed by atoms with Gasteiger partial charge in [-0.3, -0.25) is 9.36 Å². The van der Waals surface area contributed by atoms with Gasteiger partial charge in [-0.15, -0.1) is 17.9 Å². The fourth-order valence-corrected chi connectivity index (χ4v) is 5.41. The molecule has 0 radical (unpaired) electrons. The highest BCUT2D eigenvalue weighted by Crippen LogP contribution is 2.30. The molecule has 3 heterocycles. The van der Waals surface area contributed by atoms with Gasteiger partial charge in [0, 0.05) is 23.8 Å². The molecule has 0 aliphatic carbocycles. The second kappa shape index (κ2) is 8.24. The van der Waals surface area contributed by atoms with Gasteiger partial charge in [0.2, 0.25) is 0 Å². The van der Waals surface area contributed by atoms with Crippen LogP contribution in [-0.2, 0) is 12.3 Å². The molecule has 154 valence electrons. The lowest BCUT2D eigenvalue weighted by atomic mass is 9.95. The zero-order chi connectivity index (χ0) is 21.4. The Morgan fingerprint density at radius 2 is 2.07 bits per heavy atom. The van der Waals surface area contributed by atoms with Crippen molar-refractivity contribution in [3.8, 4) is 0 Å². The number of thioether (sulfide) groups is 1. The Kier molecular flexibility index (Phi) is 5.66. The van der Waals surface area contributed by atoms with E-state index in [1.165, 1.54) is 34.7 Å². The van der Waals surface area contributed by atoms with E-state index in [0.29, 0.717) is 34.3 Å². The van der Waals surface area contributed by atoms with Gasteiger partial charge in [-0.1, -0.05) is 31.7 Å². The van der Waals surface area contributed by atoms with Crippen LogP contribution in [0.3, 0.4) is 0 Å². The highest BCUT2D eigenvalue weighted by atomic mass is 32.2. The molecule has 0 unspecified atom stereocenters. The number of thiophene rings is 1. The van der Waals surface area contributed by atoms with E-state index in [4.69, 9.17) is 4.42 Å². The fourth-order valence-electron chi connectivity index (χ4n) is 3.61. The molecule has 30 heavy (non-hydrogen) atoms. The van der Waals surface area contributed by atoms with Crippen LogP contribution in [0.5, 0.6) is 0 Å². The third-order valence-corrected chi connectivity index (χ3v) is 6.89. The normalized spacial score (nSPS) is 11.6. The van der Waals surface area contributed by atoms with Crippen LogP contribution in [0.1, 0.15) is 36.5 Å². The molecule has 5 nitrogen and oxygen atoms in total. The van der Waals surface area contributed by atoms with E-state index in [2.05, 4.69) is 31.5 Å². The van der Waals surface area contributed by atoms with Crippen LogP contribution >= 0.6 is 23.1 Å². The summed E-state index contributed by atoms with van der Waals surface area (Å²) >= 11 is 2.89. The number of fused-ring (bicyclic) bond motifs is 2. The van der Waals surface area contributed by atoms with Crippen LogP contribution in [0.2, 0.25) is 0 Å². The Hall–Kier alpha value is -2.64. The highest BCUT2D eigenvalue weighted by Gasteiger charge is 2.15. The Bertz CT molecular complexity index is 1380. The first kappa shape index (κ1) is 20.6. The van der Waals surface area contributed by atoms with Gasteiger partial charge in [-0.2, -0.15) is 0 Å². The van der Waals surface area contributed by atoms with Gasteiger partial charge in [0.25, 0.3) is 5.56 Å². The predicted octanol–water partition coefficient (Wildman–Crippen LogP) is 5.47. The van der Waals surface area contributed by atoms with Gasteiger partial charge >= 0.3 is 5.63 Å². The molecule has 0 saturated carbocycles. The smallest absolute Gasteiger partial charge is 0.336 e. The second-order valence-corrected chi connectivity index (χ2v) is 9.31. The standard InChI is InChI=1S/C23H22N2O3S2/c1-5-7-25-22(27)16-6-8-29-21(16)24-23(25)30-12-15-10-20(26)28-19-9-14(4)17(13(2)3)11-18(15)19/h5-6,8-11,13H,1,7,12H2,2-4H3. The number of hydrogen-bond acceptors (Lipinski definition) is 6. The average molecular weight is 439 g/mol. The Labute approximate surface area is 182 Å². The number of nitrogens with zero attached hydrogens (tertiary/aromatic N) is 2. The molecule has 0 amide bonds. The Morgan fingerprint density at radius 3 is 2.80 bits per heavy atom. The highest BCUT2D eigenvalue weighted by molar-refractivity contribution is 7.98. The van der Waals surface area contributed by atoms with E-state index in [9.17, 15) is 9.59 Å². The molecule has 1 aromatic carbocycles. The molecule has 0 aliphatic heterocycles. The summed E-state index contributed by atoms with van der Waals surface area (Å²) in [6.45, 7) is 10.5. The van der Waals surface area contributed by atoms with Crippen LogP contribution in [0.15, 0.2) is 61.5 Å². The van der Waals surface area contributed by atoms with Crippen LogP contribution in [0.25, 0.3) is 21.2 Å². The van der Waals surface area contributed by atoms with Gasteiger partial charge in [-0.05, 0) is 53.1 Å². The largest absolute Gasteiger partial charge is 0.423 e. The topological polar surface area (TPSA) is 65.1 Å². The number of hydrogen-bond donors (Lipinski definition) is 0.